The van der Waals surface area contributed by atoms with Crippen molar-refractivity contribution >= 4 is 11.6 Å². The third kappa shape index (κ3) is 4.38. The molecule has 78 valence electrons. The van der Waals surface area contributed by atoms with Gasteiger partial charge < -0.3 is 10.2 Å². The minimum absolute atomic E-state index is 0.133. The van der Waals surface area contributed by atoms with Gasteiger partial charge in [0.2, 0.25) is 0 Å². The highest BCUT2D eigenvalue weighted by molar-refractivity contribution is 6.31. The average Bonchev–Trinajstić information content (AvgIpc) is 2.25. The minimum atomic E-state index is 0.133. The molecule has 2 nitrogen and oxygen atoms in total. The van der Waals surface area contributed by atoms with Gasteiger partial charge in [0, 0.05) is 0 Å². The van der Waals surface area contributed by atoms with Gasteiger partial charge in [-0.15, -0.1) is 0 Å². The van der Waals surface area contributed by atoms with Crippen LogP contribution in [0, 0.1) is 0 Å². The lowest BCUT2D eigenvalue weighted by Crippen LogP contribution is -1.62. The summed E-state index contributed by atoms with van der Waals surface area (Å²) in [6, 6.07) is 15.4. The largest absolute Gasteiger partial charge is 0.508 e. The third-order valence-corrected chi connectivity index (χ3v) is 1.93. The smallest absolute Gasteiger partial charge is 0.134 e. The van der Waals surface area contributed by atoms with Crippen LogP contribution in [0.4, 0.5) is 0 Å². The molecule has 2 rings (SSSR count). The monoisotopic (exact) mass is 222 g/mol. The van der Waals surface area contributed by atoms with Gasteiger partial charge in [0.05, 0.1) is 5.02 Å². The quantitative estimate of drug-likeness (QED) is 0.717. The van der Waals surface area contributed by atoms with Crippen LogP contribution in [0.5, 0.6) is 11.5 Å². The molecule has 2 aromatic carbocycles. The molecule has 2 aromatic rings. The van der Waals surface area contributed by atoms with Crippen LogP contribution in [-0.2, 0) is 0 Å². The number of phenols is 2. The van der Waals surface area contributed by atoms with Crippen molar-refractivity contribution in [2.45, 2.75) is 0 Å². The Morgan fingerprint density at radius 1 is 0.733 bits per heavy atom. The van der Waals surface area contributed by atoms with Crippen molar-refractivity contribution in [1.82, 2.24) is 0 Å². The normalized spacial score (nSPS) is 8.87. The Kier molecular flexibility index (Phi) is 4.51. The van der Waals surface area contributed by atoms with Crippen molar-refractivity contribution < 1.29 is 10.2 Å². The lowest BCUT2D eigenvalue weighted by atomic mass is 10.3. The zero-order valence-corrected chi connectivity index (χ0v) is 8.72. The Bertz CT molecular complexity index is 380. The van der Waals surface area contributed by atoms with E-state index in [1.807, 2.05) is 6.07 Å². The molecule has 0 bridgehead atoms. The molecule has 0 aromatic heterocycles. The number of aromatic hydroxyl groups is 2. The fourth-order valence-electron chi connectivity index (χ4n) is 0.880. The van der Waals surface area contributed by atoms with E-state index in [9.17, 15) is 0 Å². The van der Waals surface area contributed by atoms with Crippen LogP contribution in [0.3, 0.4) is 0 Å². The first-order valence-electron chi connectivity index (χ1n) is 4.37. The second-order valence-corrected chi connectivity index (χ2v) is 3.19. The second kappa shape index (κ2) is 5.94. The summed E-state index contributed by atoms with van der Waals surface area (Å²) >= 11 is 5.46. The van der Waals surface area contributed by atoms with E-state index >= 15 is 0 Å². The molecule has 0 heterocycles. The molecule has 0 aliphatic rings. The van der Waals surface area contributed by atoms with Gasteiger partial charge in [-0.2, -0.15) is 0 Å². The van der Waals surface area contributed by atoms with E-state index in [2.05, 4.69) is 0 Å². The third-order valence-electron chi connectivity index (χ3n) is 1.61. The molecule has 0 aliphatic carbocycles. The number of hydrogen-bond donors (Lipinski definition) is 2. The molecular formula is C12H11ClO2. The van der Waals surface area contributed by atoms with Crippen LogP contribution >= 0.6 is 11.6 Å². The van der Waals surface area contributed by atoms with E-state index < -0.39 is 0 Å². The summed E-state index contributed by atoms with van der Waals surface area (Å²) in [5.74, 6) is 0.455. The summed E-state index contributed by atoms with van der Waals surface area (Å²) in [5, 5.41) is 17.8. The number of hydrogen-bond acceptors (Lipinski definition) is 2. The summed E-state index contributed by atoms with van der Waals surface area (Å²) in [7, 11) is 0. The van der Waals surface area contributed by atoms with E-state index in [1.165, 1.54) is 0 Å². The molecule has 0 aliphatic heterocycles. The Morgan fingerprint density at radius 3 is 1.60 bits per heavy atom. The van der Waals surface area contributed by atoms with Gasteiger partial charge in [0.1, 0.15) is 11.5 Å². The predicted octanol–water partition coefficient (Wildman–Crippen LogP) is 3.44. The summed E-state index contributed by atoms with van der Waals surface area (Å²) in [4.78, 5) is 0. The van der Waals surface area contributed by atoms with Gasteiger partial charge in [0.15, 0.2) is 0 Å². The second-order valence-electron chi connectivity index (χ2n) is 2.79. The van der Waals surface area contributed by atoms with Gasteiger partial charge in [0.25, 0.3) is 0 Å². The average molecular weight is 223 g/mol. The van der Waals surface area contributed by atoms with Crippen LogP contribution in [0.1, 0.15) is 0 Å². The lowest BCUT2D eigenvalue weighted by Gasteiger charge is -1.89. The van der Waals surface area contributed by atoms with Crippen LogP contribution in [0.25, 0.3) is 0 Å². The molecule has 3 heteroatoms. The molecule has 0 radical (unpaired) electrons. The molecule has 0 atom stereocenters. The summed E-state index contributed by atoms with van der Waals surface area (Å²) < 4.78 is 0. The molecule has 0 unspecified atom stereocenters. The number of benzene rings is 2. The number of para-hydroxylation sites is 2. The van der Waals surface area contributed by atoms with Gasteiger partial charge >= 0.3 is 0 Å². The molecular weight excluding hydrogens is 212 g/mol. The first-order chi connectivity index (χ1) is 7.20. The van der Waals surface area contributed by atoms with Crippen LogP contribution < -0.4 is 0 Å². The van der Waals surface area contributed by atoms with E-state index in [0.29, 0.717) is 10.8 Å². The molecule has 0 amide bonds. The molecule has 0 fully saturated rings. The zero-order valence-electron chi connectivity index (χ0n) is 7.97. The highest BCUT2D eigenvalue weighted by atomic mass is 35.5. The maximum Gasteiger partial charge on any atom is 0.134 e. The van der Waals surface area contributed by atoms with Crippen LogP contribution in [-0.4, -0.2) is 10.2 Å². The van der Waals surface area contributed by atoms with Gasteiger partial charge in [-0.3, -0.25) is 0 Å². The van der Waals surface area contributed by atoms with Crippen molar-refractivity contribution in [3.05, 3.63) is 59.6 Å². The Labute approximate surface area is 93.4 Å². The first kappa shape index (κ1) is 11.4. The highest BCUT2D eigenvalue weighted by Crippen LogP contribution is 2.20. The number of halogens is 1. The van der Waals surface area contributed by atoms with Gasteiger partial charge in [-0.1, -0.05) is 41.9 Å². The van der Waals surface area contributed by atoms with Gasteiger partial charge in [-0.25, -0.2) is 0 Å². The summed E-state index contributed by atoms with van der Waals surface area (Å²) in [6.45, 7) is 0. The number of rotatable bonds is 0. The Balaban J connectivity index is 0.000000151. The molecule has 0 saturated heterocycles. The maximum atomic E-state index is 8.79. The Morgan fingerprint density at radius 2 is 1.27 bits per heavy atom. The molecule has 15 heavy (non-hydrogen) atoms. The van der Waals surface area contributed by atoms with Crippen molar-refractivity contribution in [1.29, 1.82) is 0 Å². The van der Waals surface area contributed by atoms with Crippen LogP contribution in [0.15, 0.2) is 54.6 Å². The van der Waals surface area contributed by atoms with E-state index in [4.69, 9.17) is 21.8 Å². The van der Waals surface area contributed by atoms with Crippen LogP contribution in [0.2, 0.25) is 5.02 Å². The Hall–Kier alpha value is -1.67. The minimum Gasteiger partial charge on any atom is -0.508 e. The lowest BCUT2D eigenvalue weighted by molar-refractivity contribution is 0.475. The SMILES string of the molecule is Oc1ccccc1.Oc1ccccc1Cl. The maximum absolute atomic E-state index is 8.79. The summed E-state index contributed by atoms with van der Waals surface area (Å²) in [5.41, 5.74) is 0. The predicted molar refractivity (Wildman–Crippen MR) is 61.2 cm³/mol. The van der Waals surface area contributed by atoms with Gasteiger partial charge in [-0.05, 0) is 24.3 Å². The fraction of sp³-hybridized carbons (Fsp3) is 0. The summed E-state index contributed by atoms with van der Waals surface area (Å²) in [6.07, 6.45) is 0. The molecule has 0 saturated carbocycles. The van der Waals surface area contributed by atoms with E-state index in [1.54, 1.807) is 48.5 Å². The zero-order chi connectivity index (χ0) is 11.1. The van der Waals surface area contributed by atoms with Crippen molar-refractivity contribution in [3.63, 3.8) is 0 Å². The molecule has 2 N–H and O–H groups in total. The van der Waals surface area contributed by atoms with Crippen molar-refractivity contribution in [3.8, 4) is 11.5 Å². The molecule has 0 spiro atoms. The fourth-order valence-corrected chi connectivity index (χ4v) is 1.02. The van der Waals surface area contributed by atoms with Crippen molar-refractivity contribution in [2.24, 2.45) is 0 Å². The van der Waals surface area contributed by atoms with E-state index in [-0.39, 0.29) is 5.75 Å². The van der Waals surface area contributed by atoms with E-state index in [0.717, 1.165) is 0 Å². The number of phenolic OH excluding ortho intramolecular Hbond substituents is 2. The topological polar surface area (TPSA) is 40.5 Å². The first-order valence-corrected chi connectivity index (χ1v) is 4.75. The highest BCUT2D eigenvalue weighted by Gasteiger charge is 1.89. The van der Waals surface area contributed by atoms with Crippen molar-refractivity contribution in [2.75, 3.05) is 0 Å². The standard InChI is InChI=1S/C6H5ClO.C6H6O/c7-5-3-1-2-4-6(5)8;7-6-4-2-1-3-5-6/h1-4,8H;1-5,7H.